The van der Waals surface area contributed by atoms with E-state index in [-0.39, 0.29) is 51.1 Å². The van der Waals surface area contributed by atoms with Crippen LogP contribution in [0, 0.1) is 17.3 Å². The fourth-order valence-electron chi connectivity index (χ4n) is 5.85. The van der Waals surface area contributed by atoms with Crippen molar-refractivity contribution in [2.75, 3.05) is 32.6 Å². The van der Waals surface area contributed by atoms with E-state index in [1.54, 1.807) is 7.11 Å². The van der Waals surface area contributed by atoms with E-state index in [1.807, 2.05) is 0 Å². The minimum Gasteiger partial charge on any atom is -0.385 e. The number of hydrogen-bond acceptors (Lipinski definition) is 5. The minimum absolute atomic E-state index is 0.0215. The van der Waals surface area contributed by atoms with Crippen molar-refractivity contribution in [2.24, 2.45) is 23.0 Å². The van der Waals surface area contributed by atoms with Crippen LogP contribution in [0.15, 0.2) is 23.4 Å². The second-order valence-corrected chi connectivity index (χ2v) is 13.9. The van der Waals surface area contributed by atoms with Gasteiger partial charge in [0.1, 0.15) is 22.8 Å². The Bertz CT molecular complexity index is 903. The molecule has 1 amide bonds. The van der Waals surface area contributed by atoms with Gasteiger partial charge in [-0.25, -0.2) is 8.34 Å². The first-order valence-corrected chi connectivity index (χ1v) is 15.6. The van der Waals surface area contributed by atoms with Crippen LogP contribution in [0.5, 0.6) is 0 Å². The van der Waals surface area contributed by atoms with Gasteiger partial charge >= 0.3 is 0 Å². The molecule has 0 radical (unpaired) electrons. The summed E-state index contributed by atoms with van der Waals surface area (Å²) in [6.07, 6.45) is 7.56. The van der Waals surface area contributed by atoms with Gasteiger partial charge in [0, 0.05) is 26.3 Å². The first-order chi connectivity index (χ1) is 17.6. The second kappa shape index (κ2) is 13.5. The summed E-state index contributed by atoms with van der Waals surface area (Å²) < 4.78 is 22.9. The van der Waals surface area contributed by atoms with Crippen LogP contribution in [0.2, 0.25) is 0 Å². The third-order valence-electron chi connectivity index (χ3n) is 8.66. The van der Waals surface area contributed by atoms with Gasteiger partial charge in [-0.3, -0.25) is 4.79 Å². The molecule has 212 valence electrons. The standard InChI is InChI=1S/C28H50FN5O2S/c1-7-10-20-12-14-31-25(30)23(24(20)32-17-21(29)11-9-13-28(4,5)8-2)26(35)33-27-22(18-36-6)19(3)34-15-16-37(27)34/h17,19-20,22,24,27,32H,7-16,18H2,1-6H3,(H3-,30,31,33,35)/p+1. The number of nitrogens with one attached hydrogen (secondary N) is 3. The average molecular weight is 541 g/mol. The fourth-order valence-corrected chi connectivity index (χ4v) is 8.53. The first-order valence-electron chi connectivity index (χ1n) is 14.2. The van der Waals surface area contributed by atoms with Gasteiger partial charge in [0.15, 0.2) is 12.6 Å². The molecule has 9 heteroatoms. The Kier molecular flexibility index (Phi) is 10.9. The Morgan fingerprint density at radius 2 is 2.14 bits per heavy atom. The molecule has 6 atom stereocenters. The molecule has 37 heavy (non-hydrogen) atoms. The van der Waals surface area contributed by atoms with E-state index in [0.717, 1.165) is 50.8 Å². The molecular formula is C28H51FN5O2S+. The number of methoxy groups -OCH3 is 1. The van der Waals surface area contributed by atoms with E-state index >= 15 is 0 Å². The fraction of sp³-hybridized carbons (Fsp3) is 0.821. The van der Waals surface area contributed by atoms with Gasteiger partial charge in [-0.15, -0.1) is 0 Å². The Hall–Kier alpha value is -1.61. The molecule has 0 aromatic carbocycles. The van der Waals surface area contributed by atoms with Gasteiger partial charge in [0.25, 0.3) is 5.91 Å². The smallest absolute Gasteiger partial charge is 0.253 e. The summed E-state index contributed by atoms with van der Waals surface area (Å²) in [6, 6.07) is 0.0331. The third-order valence-corrected chi connectivity index (χ3v) is 11.4. The van der Waals surface area contributed by atoms with Crippen LogP contribution in [0.3, 0.4) is 0 Å². The number of nitrogens with two attached hydrogens (primary N) is 1. The van der Waals surface area contributed by atoms with Crippen molar-refractivity contribution in [1.82, 2.24) is 16.0 Å². The van der Waals surface area contributed by atoms with Gasteiger partial charge in [0.2, 0.25) is 0 Å². The Balaban J connectivity index is 1.78. The van der Waals surface area contributed by atoms with Crippen LogP contribution >= 0.6 is 0 Å². The topological polar surface area (TPSA) is 91.4 Å². The van der Waals surface area contributed by atoms with Gasteiger partial charge in [-0.2, -0.15) is 0 Å². The van der Waals surface area contributed by atoms with Crippen molar-refractivity contribution < 1.29 is 17.9 Å². The number of carbonyl (C=O) groups is 1. The summed E-state index contributed by atoms with van der Waals surface area (Å²) in [4.78, 5) is 13.9. The summed E-state index contributed by atoms with van der Waals surface area (Å²) in [6.45, 7) is 13.4. The monoisotopic (exact) mass is 540 g/mol. The number of rotatable bonds is 13. The molecule has 0 fully saturated rings. The maximum absolute atomic E-state index is 14.9. The predicted octanol–water partition coefficient (Wildman–Crippen LogP) is 3.88. The first kappa shape index (κ1) is 29.9. The van der Waals surface area contributed by atoms with Crippen LogP contribution in [-0.4, -0.2) is 59.9 Å². The van der Waals surface area contributed by atoms with Crippen LogP contribution < -0.4 is 21.7 Å². The second-order valence-electron chi connectivity index (χ2n) is 11.7. The van der Waals surface area contributed by atoms with Crippen LogP contribution in [0.1, 0.15) is 79.6 Å². The number of ether oxygens (including phenoxy) is 1. The molecule has 3 heterocycles. The average Bonchev–Trinajstić information content (AvgIpc) is 2.91. The van der Waals surface area contributed by atoms with Crippen LogP contribution in [0.25, 0.3) is 0 Å². The molecule has 3 aliphatic rings. The van der Waals surface area contributed by atoms with Crippen LogP contribution in [-0.2, 0) is 20.2 Å². The molecule has 0 saturated carbocycles. The molecule has 0 spiro atoms. The SMILES string of the molecule is CCCC1CCNC(N)=C(C(=O)NC2C(COC)C(C)[N+]3=S2CC3)C1NC=C(F)CCCC(C)(C)CC. The predicted molar refractivity (Wildman–Crippen MR) is 150 cm³/mol. The quantitative estimate of drug-likeness (QED) is 0.266. The summed E-state index contributed by atoms with van der Waals surface area (Å²) in [7, 11) is 1.74. The van der Waals surface area contributed by atoms with E-state index < -0.39 is 0 Å². The molecule has 0 aromatic rings. The number of amides is 1. The number of carbonyl (C=O) groups excluding carboxylic acids is 1. The highest BCUT2D eigenvalue weighted by atomic mass is 32.2. The van der Waals surface area contributed by atoms with Gasteiger partial charge in [0.05, 0.1) is 34.8 Å². The number of allylic oxidation sites excluding steroid dienone is 1. The molecule has 0 bridgehead atoms. The molecule has 6 unspecified atom stereocenters. The largest absolute Gasteiger partial charge is 0.385 e. The van der Waals surface area contributed by atoms with E-state index in [4.69, 9.17) is 10.5 Å². The molecule has 5 N–H and O–H groups in total. The van der Waals surface area contributed by atoms with Gasteiger partial charge in [-0.1, -0.05) is 40.5 Å². The molecule has 0 aliphatic carbocycles. The van der Waals surface area contributed by atoms with Gasteiger partial charge in [-0.05, 0) is 43.9 Å². The maximum Gasteiger partial charge on any atom is 0.253 e. The lowest BCUT2D eigenvalue weighted by molar-refractivity contribution is -0.549. The van der Waals surface area contributed by atoms with Gasteiger partial charge < -0.3 is 26.4 Å². The summed E-state index contributed by atoms with van der Waals surface area (Å²) in [5, 5.41) is 9.97. The number of halogens is 1. The third kappa shape index (κ3) is 7.28. The number of hydrogen-bond donors (Lipinski definition) is 4. The van der Waals surface area contributed by atoms with Crippen molar-refractivity contribution in [3.63, 3.8) is 0 Å². The van der Waals surface area contributed by atoms with E-state index in [1.165, 1.54) is 6.20 Å². The molecule has 3 aliphatic heterocycles. The molecular weight excluding hydrogens is 489 g/mol. The molecule has 0 saturated heterocycles. The lowest BCUT2D eigenvalue weighted by Gasteiger charge is -2.29. The van der Waals surface area contributed by atoms with Crippen molar-refractivity contribution in [3.8, 4) is 0 Å². The van der Waals surface area contributed by atoms with E-state index in [0.29, 0.717) is 37.0 Å². The summed E-state index contributed by atoms with van der Waals surface area (Å²) in [5.74, 6) is 1.60. The maximum atomic E-state index is 14.9. The van der Waals surface area contributed by atoms with Crippen LogP contribution in [0.4, 0.5) is 4.39 Å². The summed E-state index contributed by atoms with van der Waals surface area (Å²) in [5.41, 5.74) is 7.21. The van der Waals surface area contributed by atoms with Crippen molar-refractivity contribution in [2.45, 2.75) is 97.0 Å². The minimum atomic E-state index is -0.340. The Labute approximate surface area is 226 Å². The lowest BCUT2D eigenvalue weighted by Crippen LogP contribution is -2.49. The molecule has 3 rings (SSSR count). The normalized spacial score (nSPS) is 30.4. The summed E-state index contributed by atoms with van der Waals surface area (Å²) >= 11 is 0. The van der Waals surface area contributed by atoms with Crippen molar-refractivity contribution >= 4 is 16.6 Å². The van der Waals surface area contributed by atoms with Crippen molar-refractivity contribution in [1.29, 1.82) is 0 Å². The zero-order chi connectivity index (χ0) is 27.2. The Morgan fingerprint density at radius 3 is 2.76 bits per heavy atom. The van der Waals surface area contributed by atoms with E-state index in [9.17, 15) is 9.18 Å². The molecule has 0 aromatic heterocycles. The zero-order valence-corrected chi connectivity index (χ0v) is 24.7. The van der Waals surface area contributed by atoms with E-state index in [2.05, 4.69) is 54.5 Å². The lowest BCUT2D eigenvalue weighted by atomic mass is 9.84. The highest BCUT2D eigenvalue weighted by molar-refractivity contribution is 7.86. The highest BCUT2D eigenvalue weighted by Crippen LogP contribution is 2.32. The highest BCUT2D eigenvalue weighted by Gasteiger charge is 2.52. The van der Waals surface area contributed by atoms with Crippen molar-refractivity contribution in [3.05, 3.63) is 23.4 Å². The Morgan fingerprint density at radius 1 is 1.38 bits per heavy atom. The zero-order valence-electron chi connectivity index (χ0n) is 23.9. The molecule has 7 nitrogen and oxygen atoms in total. The number of nitrogens with zero attached hydrogens (tertiary/aromatic N) is 1.